The summed E-state index contributed by atoms with van der Waals surface area (Å²) in [5.74, 6) is 4.40. The van der Waals surface area contributed by atoms with Gasteiger partial charge in [-0.05, 0) is 37.5 Å². The molecule has 150 valence electrons. The highest BCUT2D eigenvalue weighted by Crippen LogP contribution is 2.39. The number of hydrogen-bond acceptors (Lipinski definition) is 6. The second-order valence-corrected chi connectivity index (χ2v) is 9.45. The van der Waals surface area contributed by atoms with Crippen LogP contribution >= 0.6 is 23.5 Å². The van der Waals surface area contributed by atoms with E-state index in [2.05, 4.69) is 44.0 Å². The second kappa shape index (κ2) is 9.33. The number of carbonyl (C=O) groups is 1. The number of benzene rings is 1. The van der Waals surface area contributed by atoms with Gasteiger partial charge in [0.1, 0.15) is 5.82 Å². The number of anilines is 1. The summed E-state index contributed by atoms with van der Waals surface area (Å²) in [4.78, 5) is 14.9. The molecule has 6 nitrogen and oxygen atoms in total. The van der Waals surface area contributed by atoms with E-state index in [1.807, 2.05) is 23.9 Å². The van der Waals surface area contributed by atoms with Crippen LogP contribution in [0.5, 0.6) is 0 Å². The highest BCUT2D eigenvalue weighted by molar-refractivity contribution is 7.99. The van der Waals surface area contributed by atoms with Gasteiger partial charge in [0.15, 0.2) is 5.16 Å². The zero-order chi connectivity index (χ0) is 19.3. The average molecular weight is 418 g/mol. The molecule has 4 rings (SSSR count). The summed E-state index contributed by atoms with van der Waals surface area (Å²) in [6, 6.07) is 8.20. The van der Waals surface area contributed by atoms with Crippen molar-refractivity contribution < 1.29 is 4.79 Å². The smallest absolute Gasteiger partial charge is 0.234 e. The zero-order valence-electron chi connectivity index (χ0n) is 16.3. The molecule has 0 radical (unpaired) electrons. The standard InChI is InChI=1S/C20H27N5OS2/c1-2-25-19(16-6-7-16)22-23-20(25)28-14-18(26)21-17-5-3-4-15(12-17)13-24-8-10-27-11-9-24/h3-5,12,16H,2,6-11,13-14H2,1H3,(H,21,26). The second-order valence-electron chi connectivity index (χ2n) is 7.29. The number of rotatable bonds is 8. The number of thioether (sulfide) groups is 2. The van der Waals surface area contributed by atoms with Crippen LogP contribution in [-0.4, -0.2) is 55.9 Å². The molecule has 1 aromatic heterocycles. The van der Waals surface area contributed by atoms with E-state index in [9.17, 15) is 4.79 Å². The lowest BCUT2D eigenvalue weighted by Gasteiger charge is -2.26. The quantitative estimate of drug-likeness (QED) is 0.664. The van der Waals surface area contributed by atoms with Crippen molar-refractivity contribution in [2.75, 3.05) is 35.7 Å². The minimum atomic E-state index is -0.00449. The third-order valence-electron chi connectivity index (χ3n) is 5.06. The maximum atomic E-state index is 12.4. The van der Waals surface area contributed by atoms with E-state index >= 15 is 0 Å². The van der Waals surface area contributed by atoms with Gasteiger partial charge in [-0.25, -0.2) is 0 Å². The van der Waals surface area contributed by atoms with Gasteiger partial charge in [-0.15, -0.1) is 10.2 Å². The van der Waals surface area contributed by atoms with Crippen LogP contribution in [0.4, 0.5) is 5.69 Å². The Bertz CT molecular complexity index is 815. The molecular formula is C20H27N5OS2. The summed E-state index contributed by atoms with van der Waals surface area (Å²) in [6.07, 6.45) is 2.41. The highest BCUT2D eigenvalue weighted by Gasteiger charge is 2.30. The van der Waals surface area contributed by atoms with Crippen LogP contribution in [-0.2, 0) is 17.9 Å². The zero-order valence-corrected chi connectivity index (χ0v) is 17.9. The van der Waals surface area contributed by atoms with Gasteiger partial charge in [0.2, 0.25) is 5.91 Å². The predicted octanol–water partition coefficient (Wildman–Crippen LogP) is 3.46. The first kappa shape index (κ1) is 19.8. The maximum Gasteiger partial charge on any atom is 0.234 e. The Balaban J connectivity index is 1.30. The molecule has 8 heteroatoms. The van der Waals surface area contributed by atoms with Crippen molar-refractivity contribution in [3.63, 3.8) is 0 Å². The Morgan fingerprint density at radius 2 is 2.11 bits per heavy atom. The molecule has 1 saturated heterocycles. The Hall–Kier alpha value is -1.51. The van der Waals surface area contributed by atoms with Crippen LogP contribution in [0, 0.1) is 0 Å². The van der Waals surface area contributed by atoms with Crippen molar-refractivity contribution in [2.24, 2.45) is 0 Å². The van der Waals surface area contributed by atoms with Gasteiger partial charge < -0.3 is 9.88 Å². The van der Waals surface area contributed by atoms with Crippen molar-refractivity contribution in [1.82, 2.24) is 19.7 Å². The van der Waals surface area contributed by atoms with Gasteiger partial charge >= 0.3 is 0 Å². The molecule has 2 aromatic rings. The molecule has 1 amide bonds. The van der Waals surface area contributed by atoms with Crippen molar-refractivity contribution in [3.8, 4) is 0 Å². The molecule has 0 spiro atoms. The lowest BCUT2D eigenvalue weighted by Crippen LogP contribution is -2.31. The lowest BCUT2D eigenvalue weighted by atomic mass is 10.2. The molecule has 1 aliphatic carbocycles. The summed E-state index contributed by atoms with van der Waals surface area (Å²) >= 11 is 3.49. The number of carbonyl (C=O) groups excluding carboxylic acids is 1. The monoisotopic (exact) mass is 417 g/mol. The Labute approximate surface area is 174 Å². The number of aromatic nitrogens is 3. The van der Waals surface area contributed by atoms with Gasteiger partial charge in [-0.2, -0.15) is 11.8 Å². The molecule has 1 N–H and O–H groups in total. The maximum absolute atomic E-state index is 12.4. The molecule has 2 aliphatic rings. The first-order valence-corrected chi connectivity index (χ1v) is 12.1. The molecule has 0 atom stereocenters. The Morgan fingerprint density at radius 1 is 1.29 bits per heavy atom. The number of hydrogen-bond donors (Lipinski definition) is 1. The fraction of sp³-hybridized carbons (Fsp3) is 0.550. The van der Waals surface area contributed by atoms with Crippen LogP contribution in [0.3, 0.4) is 0 Å². The fourth-order valence-electron chi connectivity index (χ4n) is 3.44. The van der Waals surface area contributed by atoms with Crippen molar-refractivity contribution in [1.29, 1.82) is 0 Å². The average Bonchev–Trinajstić information content (AvgIpc) is 3.47. The SMILES string of the molecule is CCn1c(SCC(=O)Nc2cccc(CN3CCSCC3)c2)nnc1C1CC1. The number of nitrogens with one attached hydrogen (secondary N) is 1. The van der Waals surface area contributed by atoms with Crippen molar-refractivity contribution in [3.05, 3.63) is 35.7 Å². The molecule has 0 unspecified atom stereocenters. The van der Waals surface area contributed by atoms with Gasteiger partial charge in [0, 0.05) is 49.3 Å². The molecular weight excluding hydrogens is 390 g/mol. The summed E-state index contributed by atoms with van der Waals surface area (Å²) in [7, 11) is 0. The molecule has 1 saturated carbocycles. The molecule has 2 heterocycles. The topological polar surface area (TPSA) is 63.1 Å². The van der Waals surface area contributed by atoms with E-state index in [0.717, 1.165) is 42.8 Å². The summed E-state index contributed by atoms with van der Waals surface area (Å²) < 4.78 is 2.15. The van der Waals surface area contributed by atoms with E-state index < -0.39 is 0 Å². The molecule has 28 heavy (non-hydrogen) atoms. The highest BCUT2D eigenvalue weighted by atomic mass is 32.2. The van der Waals surface area contributed by atoms with Gasteiger partial charge in [-0.1, -0.05) is 23.9 Å². The number of nitrogens with zero attached hydrogens (tertiary/aromatic N) is 4. The van der Waals surface area contributed by atoms with Gasteiger partial charge in [-0.3, -0.25) is 9.69 Å². The van der Waals surface area contributed by atoms with Crippen LogP contribution < -0.4 is 5.32 Å². The van der Waals surface area contributed by atoms with Crippen LogP contribution in [0.2, 0.25) is 0 Å². The predicted molar refractivity (Wildman–Crippen MR) is 116 cm³/mol. The number of amides is 1. The lowest BCUT2D eigenvalue weighted by molar-refractivity contribution is -0.113. The summed E-state index contributed by atoms with van der Waals surface area (Å²) in [5, 5.41) is 12.5. The van der Waals surface area contributed by atoms with E-state index in [4.69, 9.17) is 0 Å². The van der Waals surface area contributed by atoms with Gasteiger partial charge in [0.05, 0.1) is 5.75 Å². The van der Waals surface area contributed by atoms with Crippen molar-refractivity contribution in [2.45, 2.75) is 43.9 Å². The third-order valence-corrected chi connectivity index (χ3v) is 6.97. The fourth-order valence-corrected chi connectivity index (χ4v) is 5.23. The largest absolute Gasteiger partial charge is 0.325 e. The van der Waals surface area contributed by atoms with E-state index in [1.165, 1.54) is 41.7 Å². The molecule has 1 aromatic carbocycles. The van der Waals surface area contributed by atoms with Gasteiger partial charge in [0.25, 0.3) is 0 Å². The first-order chi connectivity index (χ1) is 13.7. The minimum Gasteiger partial charge on any atom is -0.325 e. The van der Waals surface area contributed by atoms with Crippen LogP contribution in [0.15, 0.2) is 29.4 Å². The third kappa shape index (κ3) is 5.10. The molecule has 1 aliphatic heterocycles. The van der Waals surface area contributed by atoms with E-state index in [1.54, 1.807) is 0 Å². The van der Waals surface area contributed by atoms with Crippen LogP contribution in [0.1, 0.15) is 37.1 Å². The Morgan fingerprint density at radius 3 is 2.86 bits per heavy atom. The van der Waals surface area contributed by atoms with E-state index in [-0.39, 0.29) is 5.91 Å². The minimum absolute atomic E-state index is 0.00449. The Kier molecular flexibility index (Phi) is 6.59. The first-order valence-electron chi connectivity index (χ1n) is 9.97. The summed E-state index contributed by atoms with van der Waals surface area (Å²) in [5.41, 5.74) is 2.11. The van der Waals surface area contributed by atoms with Crippen LogP contribution in [0.25, 0.3) is 0 Å². The summed E-state index contributed by atoms with van der Waals surface area (Å²) in [6.45, 7) is 6.17. The van der Waals surface area contributed by atoms with E-state index in [0.29, 0.717) is 11.7 Å². The molecule has 0 bridgehead atoms. The molecule has 2 fully saturated rings. The van der Waals surface area contributed by atoms with Crippen molar-refractivity contribution >= 4 is 35.1 Å². The normalized spacial score (nSPS) is 17.6.